The Morgan fingerprint density at radius 3 is 1.93 bits per heavy atom. The number of non-ortho nitro benzene ring substituents is 1. The highest BCUT2D eigenvalue weighted by molar-refractivity contribution is 5.52. The molecule has 30 heavy (non-hydrogen) atoms. The van der Waals surface area contributed by atoms with Crippen LogP contribution in [-0.4, -0.2) is 22.7 Å². The maximum absolute atomic E-state index is 11.1. The SMILES string of the molecule is CC(C)(C)c1cc(C(c2ccc([N+](=O)[O-])cc2)C2CCCO2)cc(C(C)(C)C)c1O. The summed E-state index contributed by atoms with van der Waals surface area (Å²) in [5.41, 5.74) is 3.54. The number of benzene rings is 2. The molecule has 1 aliphatic heterocycles. The minimum absolute atomic E-state index is 0.0108. The van der Waals surface area contributed by atoms with E-state index in [9.17, 15) is 15.2 Å². The van der Waals surface area contributed by atoms with E-state index in [1.807, 2.05) is 12.1 Å². The zero-order valence-electron chi connectivity index (χ0n) is 18.9. The molecule has 1 N–H and O–H groups in total. The lowest BCUT2D eigenvalue weighted by Crippen LogP contribution is -2.23. The Morgan fingerprint density at radius 2 is 1.53 bits per heavy atom. The van der Waals surface area contributed by atoms with Gasteiger partial charge in [0.25, 0.3) is 5.69 Å². The van der Waals surface area contributed by atoms with Crippen molar-refractivity contribution in [1.29, 1.82) is 0 Å². The van der Waals surface area contributed by atoms with Gasteiger partial charge in [-0.05, 0) is 45.9 Å². The predicted molar refractivity (Wildman–Crippen MR) is 119 cm³/mol. The Labute approximate surface area is 179 Å². The summed E-state index contributed by atoms with van der Waals surface area (Å²) in [4.78, 5) is 10.7. The number of aromatic hydroxyl groups is 1. The molecule has 5 heteroatoms. The van der Waals surface area contributed by atoms with Crippen LogP contribution in [0.5, 0.6) is 5.75 Å². The van der Waals surface area contributed by atoms with Gasteiger partial charge < -0.3 is 9.84 Å². The third kappa shape index (κ3) is 4.51. The average Bonchev–Trinajstić information content (AvgIpc) is 3.15. The van der Waals surface area contributed by atoms with Crippen LogP contribution in [0.2, 0.25) is 0 Å². The molecule has 162 valence electrons. The van der Waals surface area contributed by atoms with E-state index in [0.29, 0.717) is 5.75 Å². The zero-order chi connectivity index (χ0) is 22.3. The van der Waals surface area contributed by atoms with Gasteiger partial charge in [-0.2, -0.15) is 0 Å². The smallest absolute Gasteiger partial charge is 0.269 e. The highest BCUT2D eigenvalue weighted by atomic mass is 16.6. The first-order chi connectivity index (χ1) is 13.9. The number of nitrogens with zero attached hydrogens (tertiary/aromatic N) is 1. The van der Waals surface area contributed by atoms with Crippen molar-refractivity contribution in [2.75, 3.05) is 6.61 Å². The molecule has 0 amide bonds. The highest BCUT2D eigenvalue weighted by Gasteiger charge is 2.33. The van der Waals surface area contributed by atoms with Gasteiger partial charge in [0, 0.05) is 24.7 Å². The molecule has 1 fully saturated rings. The second kappa shape index (κ2) is 8.03. The highest BCUT2D eigenvalue weighted by Crippen LogP contribution is 2.44. The van der Waals surface area contributed by atoms with Gasteiger partial charge in [-0.25, -0.2) is 0 Å². The van der Waals surface area contributed by atoms with Crippen molar-refractivity contribution >= 4 is 5.69 Å². The normalized spacial score (nSPS) is 18.4. The van der Waals surface area contributed by atoms with Gasteiger partial charge in [-0.15, -0.1) is 0 Å². The average molecular weight is 412 g/mol. The Morgan fingerprint density at radius 1 is 1.00 bits per heavy atom. The van der Waals surface area contributed by atoms with E-state index < -0.39 is 0 Å². The van der Waals surface area contributed by atoms with E-state index in [1.165, 1.54) is 0 Å². The van der Waals surface area contributed by atoms with Gasteiger partial charge in [0.15, 0.2) is 0 Å². The molecule has 0 aromatic heterocycles. The van der Waals surface area contributed by atoms with Gasteiger partial charge in [0.2, 0.25) is 0 Å². The summed E-state index contributed by atoms with van der Waals surface area (Å²) in [6.45, 7) is 13.3. The largest absolute Gasteiger partial charge is 0.507 e. The number of nitro groups is 1. The van der Waals surface area contributed by atoms with Gasteiger partial charge in [-0.1, -0.05) is 65.8 Å². The van der Waals surface area contributed by atoms with Crippen molar-refractivity contribution in [3.63, 3.8) is 0 Å². The molecule has 5 nitrogen and oxygen atoms in total. The third-order valence-electron chi connectivity index (χ3n) is 5.91. The number of ether oxygens (including phenoxy) is 1. The summed E-state index contributed by atoms with van der Waals surface area (Å²) in [6.07, 6.45) is 1.96. The molecule has 1 heterocycles. The molecule has 2 unspecified atom stereocenters. The van der Waals surface area contributed by atoms with Crippen LogP contribution in [0.1, 0.15) is 82.6 Å². The predicted octanol–water partition coefficient (Wildman–Crippen LogP) is 6.21. The minimum Gasteiger partial charge on any atom is -0.507 e. The molecule has 0 bridgehead atoms. The first-order valence-electron chi connectivity index (χ1n) is 10.6. The van der Waals surface area contributed by atoms with Crippen LogP contribution in [0.4, 0.5) is 5.69 Å². The van der Waals surface area contributed by atoms with E-state index in [-0.39, 0.29) is 33.5 Å². The zero-order valence-corrected chi connectivity index (χ0v) is 18.9. The number of nitro benzene ring substituents is 1. The van der Waals surface area contributed by atoms with E-state index in [1.54, 1.807) is 12.1 Å². The molecule has 0 aliphatic carbocycles. The minimum atomic E-state index is -0.374. The molecular formula is C25H33NO4. The lowest BCUT2D eigenvalue weighted by atomic mass is 9.75. The summed E-state index contributed by atoms with van der Waals surface area (Å²) in [6, 6.07) is 11.0. The number of hydrogen-bond donors (Lipinski definition) is 1. The van der Waals surface area contributed by atoms with Crippen LogP contribution in [0, 0.1) is 10.1 Å². The monoisotopic (exact) mass is 411 g/mol. The van der Waals surface area contributed by atoms with Crippen LogP contribution < -0.4 is 0 Å². The summed E-state index contributed by atoms with van der Waals surface area (Å²) >= 11 is 0. The summed E-state index contributed by atoms with van der Waals surface area (Å²) in [5, 5.41) is 22.2. The molecule has 2 aromatic carbocycles. The second-order valence-electron chi connectivity index (χ2n) is 10.3. The number of rotatable bonds is 4. The fourth-order valence-corrected chi connectivity index (χ4v) is 4.27. The summed E-state index contributed by atoms with van der Waals surface area (Å²) in [7, 11) is 0. The number of phenols is 1. The third-order valence-corrected chi connectivity index (χ3v) is 5.91. The van der Waals surface area contributed by atoms with Crippen molar-refractivity contribution in [3.05, 3.63) is 68.8 Å². The molecule has 2 atom stereocenters. The Hall–Kier alpha value is -2.40. The van der Waals surface area contributed by atoms with E-state index in [4.69, 9.17) is 4.74 Å². The van der Waals surface area contributed by atoms with Gasteiger partial charge in [-0.3, -0.25) is 10.1 Å². The maximum atomic E-state index is 11.1. The quantitative estimate of drug-likeness (QED) is 0.480. The van der Waals surface area contributed by atoms with Gasteiger partial charge in [0.05, 0.1) is 11.0 Å². The van der Waals surface area contributed by atoms with Crippen LogP contribution >= 0.6 is 0 Å². The first-order valence-corrected chi connectivity index (χ1v) is 10.6. The summed E-state index contributed by atoms with van der Waals surface area (Å²) in [5.74, 6) is 0.310. The molecule has 1 aliphatic rings. The molecule has 1 saturated heterocycles. The second-order valence-corrected chi connectivity index (χ2v) is 10.3. The fraction of sp³-hybridized carbons (Fsp3) is 0.520. The Bertz CT molecular complexity index is 879. The van der Waals surface area contributed by atoms with E-state index in [0.717, 1.165) is 41.7 Å². The number of hydrogen-bond acceptors (Lipinski definition) is 4. The topological polar surface area (TPSA) is 72.6 Å². The van der Waals surface area contributed by atoms with Crippen molar-refractivity contribution in [3.8, 4) is 5.75 Å². The van der Waals surface area contributed by atoms with Crippen molar-refractivity contribution in [2.24, 2.45) is 0 Å². The molecule has 0 radical (unpaired) electrons. The lowest BCUT2D eigenvalue weighted by Gasteiger charge is -2.31. The first kappa shape index (κ1) is 22.3. The van der Waals surface area contributed by atoms with Crippen molar-refractivity contribution < 1.29 is 14.8 Å². The lowest BCUT2D eigenvalue weighted by molar-refractivity contribution is -0.384. The van der Waals surface area contributed by atoms with E-state index in [2.05, 4.69) is 53.7 Å². The summed E-state index contributed by atoms with van der Waals surface area (Å²) < 4.78 is 6.09. The Balaban J connectivity index is 2.21. The van der Waals surface area contributed by atoms with Gasteiger partial charge in [0.1, 0.15) is 5.75 Å². The molecule has 0 spiro atoms. The number of phenolic OH excluding ortho intramolecular Hbond substituents is 1. The van der Waals surface area contributed by atoms with Crippen LogP contribution in [-0.2, 0) is 15.6 Å². The van der Waals surface area contributed by atoms with Crippen molar-refractivity contribution in [1.82, 2.24) is 0 Å². The molecular weight excluding hydrogens is 378 g/mol. The maximum Gasteiger partial charge on any atom is 0.269 e. The van der Waals surface area contributed by atoms with Crippen LogP contribution in [0.25, 0.3) is 0 Å². The van der Waals surface area contributed by atoms with Crippen LogP contribution in [0.15, 0.2) is 36.4 Å². The Kier molecular flexibility index (Phi) is 5.96. The standard InChI is InChI=1S/C25H33NO4/c1-24(2,3)19-14-17(15-20(23(19)27)25(4,5)6)22(21-8-7-13-30-21)16-9-11-18(12-10-16)26(28)29/h9-12,14-15,21-22,27H,7-8,13H2,1-6H3. The van der Waals surface area contributed by atoms with Crippen LogP contribution in [0.3, 0.4) is 0 Å². The van der Waals surface area contributed by atoms with Crippen molar-refractivity contribution in [2.45, 2.75) is 77.2 Å². The molecule has 3 rings (SSSR count). The fourth-order valence-electron chi connectivity index (χ4n) is 4.27. The molecule has 2 aromatic rings. The molecule has 0 saturated carbocycles. The van der Waals surface area contributed by atoms with Gasteiger partial charge >= 0.3 is 0 Å². The van der Waals surface area contributed by atoms with E-state index >= 15 is 0 Å².